The normalized spacial score (nSPS) is 18.5. The van der Waals surface area contributed by atoms with E-state index in [0.717, 1.165) is 67.4 Å². The standard InChI is InChI=1S/C49H50N6O7/c1-31-41(49(59)55(36-10-14-40(57)15-11-36)38-23-33-16-17-50(2)47(33)53(29-38)35-8-12-39(56)13-9-35)24-44(51(31)3)42-25-45-46(62-30-61-45)26-43(42)48(58)54-27-34-7-5-4-6-32(34)22-37(54)28-52-18-20-60-21-19-52/h4-15,23-26,37,56-57H,16-22,27-30H2,1-3H3/t37-/m0/s1. The molecule has 5 aromatic rings. The zero-order valence-electron chi connectivity index (χ0n) is 35.2. The van der Waals surface area contributed by atoms with Gasteiger partial charge in [-0.3, -0.25) is 19.4 Å². The van der Waals surface area contributed by atoms with Crippen molar-refractivity contribution in [2.24, 2.45) is 7.05 Å². The number of rotatable bonds is 8. The van der Waals surface area contributed by atoms with Crippen molar-refractivity contribution in [2.75, 3.05) is 69.6 Å². The van der Waals surface area contributed by atoms with Crippen LogP contribution in [0.3, 0.4) is 0 Å². The van der Waals surface area contributed by atoms with Crippen LogP contribution in [0.2, 0.25) is 0 Å². The van der Waals surface area contributed by atoms with Gasteiger partial charge in [-0.1, -0.05) is 24.3 Å². The van der Waals surface area contributed by atoms with Crippen LogP contribution in [0, 0.1) is 6.92 Å². The van der Waals surface area contributed by atoms with Crippen LogP contribution < -0.4 is 19.3 Å². The van der Waals surface area contributed by atoms with Crippen molar-refractivity contribution in [3.8, 4) is 34.3 Å². The van der Waals surface area contributed by atoms with Gasteiger partial charge >= 0.3 is 0 Å². The highest BCUT2D eigenvalue weighted by Crippen LogP contribution is 2.43. The van der Waals surface area contributed by atoms with Crippen LogP contribution in [0.1, 0.15) is 44.0 Å². The predicted molar refractivity (Wildman–Crippen MR) is 236 cm³/mol. The number of morpholine rings is 1. The molecule has 62 heavy (non-hydrogen) atoms. The second-order valence-electron chi connectivity index (χ2n) is 16.7. The first-order valence-corrected chi connectivity index (χ1v) is 21.2. The Hall–Kier alpha value is -6.70. The van der Waals surface area contributed by atoms with Gasteiger partial charge in [0, 0.05) is 86.9 Å². The molecule has 0 saturated carbocycles. The number of fused-ring (bicyclic) bond motifs is 2. The molecule has 318 valence electrons. The molecule has 0 bridgehead atoms. The number of aromatic hydroxyl groups is 2. The van der Waals surface area contributed by atoms with Gasteiger partial charge in [0.1, 0.15) is 17.3 Å². The lowest BCUT2D eigenvalue weighted by Crippen LogP contribution is -2.52. The largest absolute Gasteiger partial charge is 0.508 e. The third kappa shape index (κ3) is 7.10. The summed E-state index contributed by atoms with van der Waals surface area (Å²) in [6, 6.07) is 27.6. The lowest BCUT2D eigenvalue weighted by atomic mass is 9.92. The van der Waals surface area contributed by atoms with Gasteiger partial charge < -0.3 is 43.7 Å². The highest BCUT2D eigenvalue weighted by atomic mass is 16.7. The van der Waals surface area contributed by atoms with Gasteiger partial charge in [-0.2, -0.15) is 0 Å². The molecular weight excluding hydrogens is 785 g/mol. The summed E-state index contributed by atoms with van der Waals surface area (Å²) in [4.78, 5) is 41.2. The number of anilines is 2. The van der Waals surface area contributed by atoms with E-state index in [0.29, 0.717) is 71.6 Å². The summed E-state index contributed by atoms with van der Waals surface area (Å²) in [5, 5.41) is 20.5. The van der Waals surface area contributed by atoms with Crippen molar-refractivity contribution in [2.45, 2.75) is 32.4 Å². The zero-order chi connectivity index (χ0) is 42.6. The van der Waals surface area contributed by atoms with Crippen LogP contribution in [-0.2, 0) is 24.8 Å². The summed E-state index contributed by atoms with van der Waals surface area (Å²) in [5.74, 6) is 2.00. The van der Waals surface area contributed by atoms with Crippen molar-refractivity contribution in [1.29, 1.82) is 0 Å². The third-order valence-electron chi connectivity index (χ3n) is 13.0. The molecule has 1 saturated heterocycles. The summed E-state index contributed by atoms with van der Waals surface area (Å²) >= 11 is 0. The Morgan fingerprint density at radius 1 is 0.806 bits per heavy atom. The SMILES string of the molecule is Cc1c(C(=O)N(C2=CC3=C(N(C)CC3)N(c3ccc(O)cc3)C2)c2ccc(O)cc2)cc(-c2cc3c(cc2C(=O)N2Cc4ccccc4C[C@H]2CN2CCOCC2)OCO3)n1C. The van der Waals surface area contributed by atoms with Gasteiger partial charge in [-0.15, -0.1) is 0 Å². The van der Waals surface area contributed by atoms with Gasteiger partial charge in [0.05, 0.1) is 30.9 Å². The van der Waals surface area contributed by atoms with Gasteiger partial charge in [-0.25, -0.2) is 0 Å². The molecule has 0 spiro atoms. The molecule has 5 aliphatic heterocycles. The monoisotopic (exact) mass is 834 g/mol. The maximum atomic E-state index is 15.4. The molecule has 0 radical (unpaired) electrons. The number of phenols is 2. The lowest BCUT2D eigenvalue weighted by Gasteiger charge is -2.40. The number of hydrogen-bond donors (Lipinski definition) is 2. The van der Waals surface area contributed by atoms with Crippen molar-refractivity contribution in [1.82, 2.24) is 19.3 Å². The fourth-order valence-corrected chi connectivity index (χ4v) is 9.60. The molecular formula is C49H50N6O7. The molecule has 6 heterocycles. The second kappa shape index (κ2) is 16.0. The molecule has 2 amide bonds. The average molecular weight is 835 g/mol. The van der Waals surface area contributed by atoms with Crippen LogP contribution in [0.15, 0.2) is 114 Å². The number of carbonyl (C=O) groups is 2. The summed E-state index contributed by atoms with van der Waals surface area (Å²) in [6.45, 7) is 7.34. The van der Waals surface area contributed by atoms with Gasteiger partial charge in [0.25, 0.3) is 11.8 Å². The average Bonchev–Trinajstić information content (AvgIpc) is 4.00. The van der Waals surface area contributed by atoms with Crippen LogP contribution >= 0.6 is 0 Å². The van der Waals surface area contributed by atoms with Gasteiger partial charge in [0.15, 0.2) is 11.5 Å². The molecule has 0 aliphatic carbocycles. The van der Waals surface area contributed by atoms with Crippen molar-refractivity contribution in [3.05, 3.63) is 142 Å². The smallest absolute Gasteiger partial charge is 0.264 e. The Kier molecular flexibility index (Phi) is 10.2. The van der Waals surface area contributed by atoms with Crippen molar-refractivity contribution in [3.63, 3.8) is 0 Å². The molecule has 10 rings (SSSR count). The lowest BCUT2D eigenvalue weighted by molar-refractivity contribution is 0.0193. The van der Waals surface area contributed by atoms with Gasteiger partial charge in [0.2, 0.25) is 6.79 Å². The molecule has 13 heteroatoms. The quantitative estimate of drug-likeness (QED) is 0.176. The topological polar surface area (TPSA) is 123 Å². The Morgan fingerprint density at radius 3 is 2.24 bits per heavy atom. The molecule has 1 fully saturated rings. The first-order valence-electron chi connectivity index (χ1n) is 21.2. The second-order valence-corrected chi connectivity index (χ2v) is 16.7. The molecule has 0 unspecified atom stereocenters. The maximum Gasteiger partial charge on any atom is 0.264 e. The van der Waals surface area contributed by atoms with E-state index >= 15 is 9.59 Å². The summed E-state index contributed by atoms with van der Waals surface area (Å²) < 4.78 is 19.4. The van der Waals surface area contributed by atoms with Crippen molar-refractivity contribution >= 4 is 23.2 Å². The first kappa shape index (κ1) is 39.4. The number of aromatic nitrogens is 1. The van der Waals surface area contributed by atoms with Gasteiger partial charge in [-0.05, 0) is 109 Å². The Balaban J connectivity index is 1.05. The minimum absolute atomic E-state index is 0.0465. The van der Waals surface area contributed by atoms with E-state index in [4.69, 9.17) is 14.2 Å². The summed E-state index contributed by atoms with van der Waals surface area (Å²) in [7, 11) is 3.98. The number of nitrogens with zero attached hydrogens (tertiary/aromatic N) is 6. The van der Waals surface area contributed by atoms with Crippen LogP contribution in [0.25, 0.3) is 11.3 Å². The molecule has 4 aromatic carbocycles. The van der Waals surface area contributed by atoms with E-state index in [-0.39, 0.29) is 36.1 Å². The number of carbonyl (C=O) groups excluding carboxylic acids is 2. The Bertz CT molecular complexity index is 2630. The van der Waals surface area contributed by atoms with Crippen LogP contribution in [0.5, 0.6) is 23.0 Å². The molecule has 13 nitrogen and oxygen atoms in total. The fraction of sp³-hybridized carbons (Fsp3) is 0.306. The first-order chi connectivity index (χ1) is 30.1. The number of ether oxygens (including phenoxy) is 3. The third-order valence-corrected chi connectivity index (χ3v) is 13.0. The molecule has 1 atom stereocenters. The van der Waals surface area contributed by atoms with Crippen LogP contribution in [0.4, 0.5) is 11.4 Å². The number of amides is 2. The predicted octanol–water partition coefficient (Wildman–Crippen LogP) is 6.64. The van der Waals surface area contributed by atoms with E-state index in [9.17, 15) is 10.2 Å². The highest BCUT2D eigenvalue weighted by molar-refractivity contribution is 6.11. The number of hydrogen-bond acceptors (Lipinski definition) is 10. The summed E-state index contributed by atoms with van der Waals surface area (Å²) in [6.07, 6.45) is 3.65. The summed E-state index contributed by atoms with van der Waals surface area (Å²) in [5.41, 5.74) is 8.70. The molecule has 2 N–H and O–H groups in total. The highest BCUT2D eigenvalue weighted by Gasteiger charge is 2.37. The van der Waals surface area contributed by atoms with E-state index in [2.05, 4.69) is 46.0 Å². The number of allylic oxidation sites excluding steroid dienone is 1. The maximum absolute atomic E-state index is 15.4. The molecule has 1 aromatic heterocycles. The number of benzene rings is 4. The van der Waals surface area contributed by atoms with E-state index in [1.54, 1.807) is 47.4 Å². The van der Waals surface area contributed by atoms with Crippen molar-refractivity contribution < 1.29 is 34.0 Å². The minimum Gasteiger partial charge on any atom is -0.508 e. The fourth-order valence-electron chi connectivity index (χ4n) is 9.60. The van der Waals surface area contributed by atoms with E-state index in [1.165, 1.54) is 5.56 Å². The zero-order valence-corrected chi connectivity index (χ0v) is 35.2. The van der Waals surface area contributed by atoms with E-state index in [1.807, 2.05) is 53.8 Å². The Morgan fingerprint density at radius 2 is 1.50 bits per heavy atom. The molecule has 5 aliphatic rings. The number of phenolic OH excluding ortho intramolecular Hbond substituents is 2. The minimum atomic E-state index is -0.255. The van der Waals surface area contributed by atoms with Crippen LogP contribution in [-0.4, -0.2) is 107 Å². The van der Waals surface area contributed by atoms with E-state index < -0.39 is 0 Å². The Labute approximate surface area is 360 Å².